The van der Waals surface area contributed by atoms with Crippen LogP contribution in [-0.4, -0.2) is 318 Å². The van der Waals surface area contributed by atoms with Crippen LogP contribution in [0.25, 0.3) is 0 Å². The molecule has 65 heteroatoms. The number of hydrogen-bond donors (Lipinski definition) is 23. The molecule has 0 aromatic heterocycles. The molecule has 610 valence electrons. The number of hydrogen-bond acceptors (Lipinski definition) is 37. The first-order valence-corrected chi connectivity index (χ1v) is 41.2. The van der Waals surface area contributed by atoms with Gasteiger partial charge in [0.15, 0.2) is 53.2 Å². The molecule has 5 aliphatic heterocycles. The van der Waals surface area contributed by atoms with Crippen LogP contribution in [-0.2, 0) is 69.6 Å². The molecule has 0 aliphatic carbocycles. The lowest BCUT2D eigenvalue weighted by Crippen LogP contribution is -2.46. The summed E-state index contributed by atoms with van der Waals surface area (Å²) < 4.78 is 110. The fourth-order valence-electron chi connectivity index (χ4n) is 7.55. The molecule has 5 aliphatic rings. The number of carboxylic acid groups (broad SMARTS) is 5. The van der Waals surface area contributed by atoms with Crippen molar-refractivity contribution in [2.75, 3.05) is 98.8 Å². The molecule has 0 bridgehead atoms. The standard InChI is InChI=1S/5C7H14N2O9P2.2CH4.2CH3/c5*10-6(11)3-8-1-2-9(5-8)4-7(12,19(13,14)15)20(16,17)18;;;;/h5*1-2,12H,3-5H2,(H,10,11)(H2,13,14,15)(H2,16,17,18);2*1H4;2*1H3/q;;;;;;;-1;+1/p-7. The molecule has 8 atom stereocenters. The average molecular weight is 1720 g/mol. The van der Waals surface area contributed by atoms with Crippen molar-refractivity contribution in [1.82, 2.24) is 49.0 Å². The normalized spacial score (nSPS) is 21.3. The highest BCUT2D eigenvalue weighted by atomic mass is 31.3. The van der Waals surface area contributed by atoms with E-state index in [0.29, 0.717) is 0 Å². The molecule has 0 spiro atoms. The zero-order chi connectivity index (χ0) is 78.8. The lowest BCUT2D eigenvalue weighted by Gasteiger charge is -2.43. The predicted molar refractivity (Wildman–Crippen MR) is 331 cm³/mol. The molecule has 8 unspecified atom stereocenters. The van der Waals surface area contributed by atoms with Crippen LogP contribution < -0.4 is 34.3 Å². The zero-order valence-corrected chi connectivity index (χ0v) is 60.5. The maximum absolute atomic E-state index is 11.1. The quantitative estimate of drug-likeness (QED) is 0.0235. The highest BCUT2D eigenvalue weighted by Gasteiger charge is 2.61. The Hall–Kier alpha value is -4.78. The summed E-state index contributed by atoms with van der Waals surface area (Å²) >= 11 is 0. The van der Waals surface area contributed by atoms with Crippen LogP contribution in [0.15, 0.2) is 62.0 Å². The number of nitrogens with zero attached hydrogens (tertiary/aromatic N) is 10. The summed E-state index contributed by atoms with van der Waals surface area (Å²) in [5.41, 5.74) is 0. The number of carboxylic acids is 5. The van der Waals surface area contributed by atoms with Gasteiger partial charge in [-0.05, 0) is 0 Å². The fraction of sp³-hybridized carbons (Fsp3) is 0.564. The summed E-state index contributed by atoms with van der Waals surface area (Å²) in [5.74, 6) is -5.87. The van der Waals surface area contributed by atoms with Gasteiger partial charge in [-0.3, -0.25) is 37.7 Å². The van der Waals surface area contributed by atoms with Gasteiger partial charge in [0.2, 0.25) is 20.3 Å². The van der Waals surface area contributed by atoms with E-state index in [-0.39, 0.29) is 63.1 Å². The number of aliphatic carboxylic acids is 5. The zero-order valence-electron chi connectivity index (χ0n) is 51.6. The van der Waals surface area contributed by atoms with Gasteiger partial charge in [0.25, 0.3) is 5.08 Å². The molecule has 0 radical (unpaired) electrons. The Labute approximate surface area is 587 Å². The SMILES string of the molecule is C.C.O=C(O)CN1C=CN(CC(O)(P(=O)(O)O)P(=O)(O)O)C1.O=C(O)CN1C=CN(CC(O)(P(=O)([O-])O)P(=O)(O)O)C1.O=C(O)CN1C=CN(CC(O)(P(=O)([O-])O)P(=O)([O-])O)C1.O=C(O)CN1C=CN(CC(O)(P(=O)([O-])O)P(=O)([O-])O)C1.O=C(O)CN1C=CN(CC(O)(P(=O)([O-])O)P(=O)([O-])O)C1.[CH3+].[CH3-]. The molecule has 0 amide bonds. The Morgan fingerprint density at radius 2 is 0.385 bits per heavy atom. The van der Waals surface area contributed by atoms with Crippen LogP contribution >= 0.6 is 76.0 Å². The monoisotopic (exact) mass is 1720 g/mol. The summed E-state index contributed by atoms with van der Waals surface area (Å²) in [6.45, 7) is -8.94. The minimum atomic E-state index is -5.84. The first kappa shape index (κ1) is 106. The Morgan fingerprint density at radius 1 is 0.269 bits per heavy atom. The molecule has 0 saturated carbocycles. The molecular weight excluding hydrogens is 1640 g/mol. The van der Waals surface area contributed by atoms with E-state index in [1.807, 2.05) is 0 Å². The van der Waals surface area contributed by atoms with E-state index >= 15 is 0 Å². The Bertz CT molecular complexity index is 2970. The number of aliphatic hydroxyl groups is 5. The Balaban J connectivity index is -0.000000595. The van der Waals surface area contributed by atoms with E-state index in [1.165, 1.54) is 61.7 Å². The van der Waals surface area contributed by atoms with Crippen molar-refractivity contribution in [3.63, 3.8) is 0 Å². The highest BCUT2D eigenvalue weighted by molar-refractivity contribution is 7.73. The molecule has 23 N–H and O–H groups in total. The van der Waals surface area contributed by atoms with Crippen molar-refractivity contribution in [2.24, 2.45) is 0 Å². The van der Waals surface area contributed by atoms with Crippen molar-refractivity contribution >= 4 is 106 Å². The van der Waals surface area contributed by atoms with Crippen molar-refractivity contribution < 1.29 is 219 Å². The van der Waals surface area contributed by atoms with Crippen molar-refractivity contribution in [2.45, 2.75) is 40.3 Å². The van der Waals surface area contributed by atoms with E-state index in [9.17, 15) is 129 Å². The second kappa shape index (κ2) is 38.5. The third-order valence-electron chi connectivity index (χ3n) is 12.6. The van der Waals surface area contributed by atoms with Gasteiger partial charge < -0.3 is 237 Å². The summed E-state index contributed by atoms with van der Waals surface area (Å²) in [5, 5.41) is 72.1. The van der Waals surface area contributed by atoms with Crippen molar-refractivity contribution in [1.29, 1.82) is 0 Å². The molecular formula is C39H77N10O45P10-7. The first-order valence-electron chi connectivity index (χ1n) is 25.3. The molecule has 104 heavy (non-hydrogen) atoms. The number of carbonyl (C=O) groups is 5. The minimum Gasteiger partial charge on any atom is -0.776 e. The summed E-state index contributed by atoms with van der Waals surface area (Å²) in [6.07, 6.45) is 11.8. The van der Waals surface area contributed by atoms with Gasteiger partial charge in [0.1, 0.15) is 32.7 Å². The van der Waals surface area contributed by atoms with Crippen LogP contribution in [0, 0.1) is 14.9 Å². The topological polar surface area (TPSA) is 915 Å². The van der Waals surface area contributed by atoms with Crippen LogP contribution in [0.3, 0.4) is 0 Å². The van der Waals surface area contributed by atoms with Crippen molar-refractivity contribution in [3.05, 3.63) is 76.9 Å². The highest BCUT2D eigenvalue weighted by Crippen LogP contribution is 2.69. The van der Waals surface area contributed by atoms with Gasteiger partial charge in [0, 0.05) is 69.4 Å². The fourth-order valence-corrected chi connectivity index (χ4v) is 17.7. The molecule has 0 aromatic carbocycles. The van der Waals surface area contributed by atoms with Crippen LogP contribution in [0.5, 0.6) is 0 Å². The largest absolute Gasteiger partial charge is 0.776 e. The Kier molecular flexibility index (Phi) is 39.1. The van der Waals surface area contributed by atoms with Gasteiger partial charge >= 0.3 is 52.6 Å². The van der Waals surface area contributed by atoms with E-state index in [1.54, 1.807) is 0 Å². The lowest BCUT2D eigenvalue weighted by molar-refractivity contribution is -0.229. The average Bonchev–Trinajstić information content (AvgIpc) is 1.04. The van der Waals surface area contributed by atoms with Gasteiger partial charge in [-0.2, -0.15) is 0 Å². The van der Waals surface area contributed by atoms with Gasteiger partial charge in [-0.25, -0.2) is 0 Å². The van der Waals surface area contributed by atoms with Gasteiger partial charge in [-0.15, -0.1) is 0 Å². The summed E-state index contributed by atoms with van der Waals surface area (Å²) in [4.78, 5) is 255. The molecule has 5 rings (SSSR count). The Morgan fingerprint density at radius 3 is 0.500 bits per heavy atom. The van der Waals surface area contributed by atoms with Gasteiger partial charge in [-0.1, -0.05) is 14.9 Å². The van der Waals surface area contributed by atoms with Gasteiger partial charge in [0.05, 0.1) is 66.1 Å². The molecule has 0 saturated heterocycles. The smallest absolute Gasteiger partial charge is 0.371 e. The molecule has 5 heterocycles. The van der Waals surface area contributed by atoms with Crippen molar-refractivity contribution in [3.8, 4) is 0 Å². The molecule has 0 fully saturated rings. The number of rotatable bonds is 30. The number of β-amino-alcohol motifs (C(OH)–C–C–N with tert-alkyl or cyclic N) is 5. The van der Waals surface area contributed by atoms with Crippen LogP contribution in [0.2, 0.25) is 0 Å². The van der Waals surface area contributed by atoms with E-state index < -0.39 is 197 Å². The third-order valence-corrected chi connectivity index (χ3v) is 30.8. The maximum Gasteiger partial charge on any atom is 0.371 e. The summed E-state index contributed by atoms with van der Waals surface area (Å²) in [6, 6.07) is 0. The molecule has 0 aromatic rings. The van der Waals surface area contributed by atoms with E-state index in [2.05, 4.69) is 0 Å². The predicted octanol–water partition coefficient (Wildman–Crippen LogP) is -11.7. The maximum atomic E-state index is 11.1. The summed E-state index contributed by atoms with van der Waals surface area (Å²) in [7, 11) is -57.5. The van der Waals surface area contributed by atoms with E-state index in [0.717, 1.165) is 49.3 Å². The second-order valence-corrected chi connectivity index (χ2v) is 40.5. The minimum absolute atomic E-state index is 0. The molecule has 55 nitrogen and oxygen atoms in total. The second-order valence-electron chi connectivity index (χ2n) is 20.8. The first-order chi connectivity index (χ1) is 44.3. The van der Waals surface area contributed by atoms with Crippen LogP contribution in [0.1, 0.15) is 14.9 Å². The van der Waals surface area contributed by atoms with E-state index in [4.69, 9.17) is 89.1 Å². The van der Waals surface area contributed by atoms with Crippen LogP contribution in [0.4, 0.5) is 0 Å². The lowest BCUT2D eigenvalue weighted by atomic mass is 10.6. The third kappa shape index (κ3) is 29.3.